The Hall–Kier alpha value is -1.82. The molecule has 5 nitrogen and oxygen atoms in total. The predicted molar refractivity (Wildman–Crippen MR) is 98.2 cm³/mol. The van der Waals surface area contributed by atoms with E-state index in [1.807, 2.05) is 30.0 Å². The lowest BCUT2D eigenvalue weighted by molar-refractivity contribution is 0.486. The van der Waals surface area contributed by atoms with Crippen LogP contribution in [0.15, 0.2) is 22.5 Å². The van der Waals surface area contributed by atoms with Crippen molar-refractivity contribution >= 4 is 17.3 Å². The van der Waals surface area contributed by atoms with Crippen molar-refractivity contribution in [3.8, 4) is 0 Å². The standard InChI is InChI=1S/C17H27N5S/c1-6-18-17(21(4)10-9-15-8-7-11-23-15)19-12-16-13(2)20-22(5)14(16)3/h7-8,11H,6,9-10,12H2,1-5H3,(H,18,19). The molecule has 126 valence electrons. The third-order valence-electron chi connectivity index (χ3n) is 4.02. The fraction of sp³-hybridized carbons (Fsp3) is 0.529. The Kier molecular flexibility index (Phi) is 6.21. The summed E-state index contributed by atoms with van der Waals surface area (Å²) in [7, 11) is 4.08. The lowest BCUT2D eigenvalue weighted by atomic mass is 10.2. The Morgan fingerprint density at radius 1 is 1.43 bits per heavy atom. The van der Waals surface area contributed by atoms with Crippen LogP contribution in [0.4, 0.5) is 0 Å². The van der Waals surface area contributed by atoms with Gasteiger partial charge in [0, 0.05) is 43.3 Å². The minimum Gasteiger partial charge on any atom is -0.357 e. The first-order chi connectivity index (χ1) is 11.0. The third-order valence-corrected chi connectivity index (χ3v) is 4.95. The molecule has 2 aromatic heterocycles. The van der Waals surface area contributed by atoms with E-state index < -0.39 is 0 Å². The van der Waals surface area contributed by atoms with Crippen molar-refractivity contribution < 1.29 is 0 Å². The maximum atomic E-state index is 4.80. The summed E-state index contributed by atoms with van der Waals surface area (Å²) in [5.41, 5.74) is 3.46. The molecule has 1 N–H and O–H groups in total. The molecule has 2 heterocycles. The van der Waals surface area contributed by atoms with Gasteiger partial charge in [0.2, 0.25) is 0 Å². The predicted octanol–water partition coefficient (Wildman–Crippen LogP) is 2.74. The molecule has 0 bridgehead atoms. The zero-order valence-corrected chi connectivity index (χ0v) is 15.6. The average molecular weight is 334 g/mol. The van der Waals surface area contributed by atoms with Gasteiger partial charge >= 0.3 is 0 Å². The molecule has 0 amide bonds. The summed E-state index contributed by atoms with van der Waals surface area (Å²) in [6.45, 7) is 8.73. The van der Waals surface area contributed by atoms with Gasteiger partial charge in [-0.15, -0.1) is 11.3 Å². The minimum atomic E-state index is 0.664. The second-order valence-electron chi connectivity index (χ2n) is 5.69. The van der Waals surface area contributed by atoms with Gasteiger partial charge in [0.1, 0.15) is 0 Å². The zero-order valence-electron chi connectivity index (χ0n) is 14.8. The van der Waals surface area contributed by atoms with Gasteiger partial charge in [0.05, 0.1) is 12.2 Å². The van der Waals surface area contributed by atoms with Crippen molar-refractivity contribution in [1.29, 1.82) is 0 Å². The molecule has 0 aliphatic rings. The highest BCUT2D eigenvalue weighted by atomic mass is 32.1. The van der Waals surface area contributed by atoms with Crippen LogP contribution < -0.4 is 5.32 Å². The summed E-state index contributed by atoms with van der Waals surface area (Å²) in [4.78, 5) is 8.41. The number of rotatable bonds is 6. The van der Waals surface area contributed by atoms with Gasteiger partial charge in [-0.1, -0.05) is 6.07 Å². The molecule has 0 aliphatic carbocycles. The number of thiophene rings is 1. The maximum Gasteiger partial charge on any atom is 0.193 e. The highest BCUT2D eigenvalue weighted by molar-refractivity contribution is 7.09. The molecule has 0 unspecified atom stereocenters. The largest absolute Gasteiger partial charge is 0.357 e. The molecule has 0 aromatic carbocycles. The SMILES string of the molecule is CCNC(=NCc1c(C)nn(C)c1C)N(C)CCc1cccs1. The van der Waals surface area contributed by atoms with Crippen molar-refractivity contribution in [1.82, 2.24) is 20.0 Å². The van der Waals surface area contributed by atoms with E-state index in [-0.39, 0.29) is 0 Å². The number of aryl methyl sites for hydroxylation is 2. The van der Waals surface area contributed by atoms with Gasteiger partial charge in [0.15, 0.2) is 5.96 Å². The third kappa shape index (κ3) is 4.58. The minimum absolute atomic E-state index is 0.664. The summed E-state index contributed by atoms with van der Waals surface area (Å²) in [6, 6.07) is 4.29. The Bertz CT molecular complexity index is 642. The molecular weight excluding hydrogens is 306 g/mol. The molecule has 0 radical (unpaired) electrons. The van der Waals surface area contributed by atoms with Crippen molar-refractivity contribution in [2.75, 3.05) is 20.1 Å². The van der Waals surface area contributed by atoms with E-state index in [0.29, 0.717) is 6.54 Å². The zero-order chi connectivity index (χ0) is 16.8. The van der Waals surface area contributed by atoms with Crippen LogP contribution in [0.1, 0.15) is 28.8 Å². The summed E-state index contributed by atoms with van der Waals surface area (Å²) >= 11 is 1.81. The van der Waals surface area contributed by atoms with E-state index in [2.05, 4.69) is 53.7 Å². The molecule has 2 rings (SSSR count). The van der Waals surface area contributed by atoms with Crippen molar-refractivity contribution in [2.24, 2.45) is 12.0 Å². The molecule has 0 aliphatic heterocycles. The van der Waals surface area contributed by atoms with Gasteiger partial charge in [-0.2, -0.15) is 5.10 Å². The first-order valence-electron chi connectivity index (χ1n) is 8.03. The van der Waals surface area contributed by atoms with E-state index in [1.54, 1.807) is 0 Å². The first kappa shape index (κ1) is 17.5. The fourth-order valence-electron chi connectivity index (χ4n) is 2.51. The van der Waals surface area contributed by atoms with Gasteiger partial charge in [0.25, 0.3) is 0 Å². The normalized spacial score (nSPS) is 11.8. The maximum absolute atomic E-state index is 4.80. The quantitative estimate of drug-likeness (QED) is 0.653. The molecule has 0 atom stereocenters. The number of aliphatic imine (C=N–C) groups is 1. The number of likely N-dealkylation sites (N-methyl/N-ethyl adjacent to an activating group) is 1. The van der Waals surface area contributed by atoms with E-state index in [9.17, 15) is 0 Å². The Morgan fingerprint density at radius 2 is 2.22 bits per heavy atom. The van der Waals surface area contributed by atoms with Crippen LogP contribution >= 0.6 is 11.3 Å². The first-order valence-corrected chi connectivity index (χ1v) is 8.91. The molecule has 6 heteroatoms. The van der Waals surface area contributed by atoms with Crippen LogP contribution in [0.5, 0.6) is 0 Å². The van der Waals surface area contributed by atoms with Crippen LogP contribution in [0, 0.1) is 13.8 Å². The summed E-state index contributed by atoms with van der Waals surface area (Å²) in [5.74, 6) is 0.951. The lowest BCUT2D eigenvalue weighted by Crippen LogP contribution is -2.39. The second kappa shape index (κ2) is 8.15. The molecule has 0 saturated heterocycles. The van der Waals surface area contributed by atoms with Gasteiger partial charge in [-0.05, 0) is 38.6 Å². The Morgan fingerprint density at radius 3 is 2.78 bits per heavy atom. The highest BCUT2D eigenvalue weighted by Crippen LogP contribution is 2.13. The number of nitrogens with one attached hydrogen (secondary N) is 1. The molecule has 0 saturated carbocycles. The van der Waals surface area contributed by atoms with Gasteiger partial charge < -0.3 is 10.2 Å². The van der Waals surface area contributed by atoms with E-state index >= 15 is 0 Å². The van der Waals surface area contributed by atoms with E-state index in [4.69, 9.17) is 4.99 Å². The smallest absolute Gasteiger partial charge is 0.193 e. The molecule has 0 spiro atoms. The van der Waals surface area contributed by atoms with Crippen molar-refractivity contribution in [3.63, 3.8) is 0 Å². The summed E-state index contributed by atoms with van der Waals surface area (Å²) in [5, 5.41) is 9.97. The number of hydrogen-bond donors (Lipinski definition) is 1. The van der Waals surface area contributed by atoms with E-state index in [0.717, 1.165) is 31.2 Å². The van der Waals surface area contributed by atoms with Crippen LogP contribution in [0.25, 0.3) is 0 Å². The summed E-state index contributed by atoms with van der Waals surface area (Å²) < 4.78 is 1.92. The number of aromatic nitrogens is 2. The fourth-order valence-corrected chi connectivity index (χ4v) is 3.21. The van der Waals surface area contributed by atoms with Crippen LogP contribution in [0.3, 0.4) is 0 Å². The molecule has 2 aromatic rings. The van der Waals surface area contributed by atoms with Crippen LogP contribution in [-0.4, -0.2) is 40.8 Å². The monoisotopic (exact) mass is 333 g/mol. The lowest BCUT2D eigenvalue weighted by Gasteiger charge is -2.21. The van der Waals surface area contributed by atoms with Crippen molar-refractivity contribution in [2.45, 2.75) is 33.7 Å². The number of guanidine groups is 1. The van der Waals surface area contributed by atoms with Gasteiger partial charge in [-0.3, -0.25) is 4.68 Å². The summed E-state index contributed by atoms with van der Waals surface area (Å²) in [6.07, 6.45) is 1.05. The van der Waals surface area contributed by atoms with Gasteiger partial charge in [-0.25, -0.2) is 4.99 Å². The Balaban J connectivity index is 2.03. The van der Waals surface area contributed by atoms with E-state index in [1.165, 1.54) is 16.1 Å². The molecular formula is C17H27N5S. The molecule has 0 fully saturated rings. The number of hydrogen-bond acceptors (Lipinski definition) is 3. The second-order valence-corrected chi connectivity index (χ2v) is 6.73. The van der Waals surface area contributed by atoms with Crippen molar-refractivity contribution in [3.05, 3.63) is 39.3 Å². The average Bonchev–Trinajstić information content (AvgIpc) is 3.12. The van der Waals surface area contributed by atoms with Crippen LogP contribution in [-0.2, 0) is 20.0 Å². The number of nitrogens with zero attached hydrogens (tertiary/aromatic N) is 4. The molecule has 23 heavy (non-hydrogen) atoms. The highest BCUT2D eigenvalue weighted by Gasteiger charge is 2.11. The Labute approximate surface area is 143 Å². The van der Waals surface area contributed by atoms with Crippen LogP contribution in [0.2, 0.25) is 0 Å². The topological polar surface area (TPSA) is 45.5 Å².